The minimum Gasteiger partial charge on any atom is -0.325 e. The molecule has 2 unspecified atom stereocenters. The Morgan fingerprint density at radius 1 is 1.18 bits per heavy atom. The van der Waals surface area contributed by atoms with Gasteiger partial charge in [0.2, 0.25) is 0 Å². The van der Waals surface area contributed by atoms with Crippen molar-refractivity contribution in [2.45, 2.75) is 76.8 Å². The van der Waals surface area contributed by atoms with Crippen LogP contribution in [0.1, 0.15) is 65.2 Å². The van der Waals surface area contributed by atoms with Crippen LogP contribution in [0.15, 0.2) is 0 Å². The molecule has 0 aromatic rings. The maximum Gasteiger partial charge on any atom is 0.0166 e. The zero-order valence-electron chi connectivity index (χ0n) is 11.8. The normalized spacial score (nSPS) is 34.8. The van der Waals surface area contributed by atoms with Gasteiger partial charge in [0.1, 0.15) is 0 Å². The molecule has 100 valence electrons. The third kappa shape index (κ3) is 3.69. The number of hydrogen-bond acceptors (Lipinski definition) is 2. The first-order chi connectivity index (χ1) is 8.09. The first-order valence-electron chi connectivity index (χ1n) is 7.62. The second kappa shape index (κ2) is 5.71. The van der Waals surface area contributed by atoms with E-state index in [1.54, 1.807) is 0 Å². The van der Waals surface area contributed by atoms with Gasteiger partial charge in [0, 0.05) is 18.1 Å². The Hall–Kier alpha value is -0.0800. The van der Waals surface area contributed by atoms with Gasteiger partial charge in [-0.3, -0.25) is 0 Å². The third-order valence-corrected chi connectivity index (χ3v) is 5.02. The molecule has 17 heavy (non-hydrogen) atoms. The monoisotopic (exact) mass is 238 g/mol. The van der Waals surface area contributed by atoms with Crippen LogP contribution in [0.3, 0.4) is 0 Å². The largest absolute Gasteiger partial charge is 0.325 e. The first kappa shape index (κ1) is 13.4. The molecule has 1 aliphatic heterocycles. The van der Waals surface area contributed by atoms with E-state index in [2.05, 4.69) is 18.7 Å². The molecule has 2 fully saturated rings. The standard InChI is InChI=1S/C15H30N2/c1-13-6-10-17(14(2)12-13)11-9-15(16)7-4-3-5-8-15/h13-14H,3-12,16H2,1-2H3. The molecule has 2 aliphatic rings. The van der Waals surface area contributed by atoms with Crippen LogP contribution >= 0.6 is 0 Å². The van der Waals surface area contributed by atoms with Crippen LogP contribution in [0.5, 0.6) is 0 Å². The van der Waals surface area contributed by atoms with Gasteiger partial charge in [-0.25, -0.2) is 0 Å². The lowest BCUT2D eigenvalue weighted by Gasteiger charge is -2.40. The highest BCUT2D eigenvalue weighted by Gasteiger charge is 2.29. The molecular formula is C15H30N2. The number of nitrogens with two attached hydrogens (primary N) is 1. The second-order valence-electron chi connectivity index (χ2n) is 6.69. The molecule has 2 N–H and O–H groups in total. The van der Waals surface area contributed by atoms with Crippen molar-refractivity contribution in [3.63, 3.8) is 0 Å². The van der Waals surface area contributed by atoms with Gasteiger partial charge in [-0.1, -0.05) is 26.2 Å². The minimum absolute atomic E-state index is 0.168. The number of piperidine rings is 1. The highest BCUT2D eigenvalue weighted by atomic mass is 15.2. The van der Waals surface area contributed by atoms with Gasteiger partial charge in [0.25, 0.3) is 0 Å². The smallest absolute Gasteiger partial charge is 0.0166 e. The van der Waals surface area contributed by atoms with E-state index in [4.69, 9.17) is 5.73 Å². The lowest BCUT2D eigenvalue weighted by molar-refractivity contribution is 0.112. The van der Waals surface area contributed by atoms with Crippen LogP contribution in [0.25, 0.3) is 0 Å². The number of likely N-dealkylation sites (tertiary alicyclic amines) is 1. The maximum absolute atomic E-state index is 6.52. The molecule has 0 aromatic heterocycles. The summed E-state index contributed by atoms with van der Waals surface area (Å²) in [6.45, 7) is 7.29. The van der Waals surface area contributed by atoms with Crippen molar-refractivity contribution >= 4 is 0 Å². The van der Waals surface area contributed by atoms with Crippen molar-refractivity contribution in [3.05, 3.63) is 0 Å². The van der Waals surface area contributed by atoms with Gasteiger partial charge < -0.3 is 10.6 Å². The van der Waals surface area contributed by atoms with E-state index in [1.807, 2.05) is 0 Å². The van der Waals surface area contributed by atoms with Crippen LogP contribution in [0.4, 0.5) is 0 Å². The molecule has 0 spiro atoms. The van der Waals surface area contributed by atoms with Crippen molar-refractivity contribution in [3.8, 4) is 0 Å². The molecule has 1 heterocycles. The molecular weight excluding hydrogens is 208 g/mol. The molecule has 1 aliphatic carbocycles. The molecule has 1 saturated carbocycles. The van der Waals surface area contributed by atoms with E-state index < -0.39 is 0 Å². The quantitative estimate of drug-likeness (QED) is 0.818. The Morgan fingerprint density at radius 3 is 2.53 bits per heavy atom. The Morgan fingerprint density at radius 2 is 1.88 bits per heavy atom. The number of rotatable bonds is 3. The van der Waals surface area contributed by atoms with E-state index in [1.165, 1.54) is 64.5 Å². The van der Waals surface area contributed by atoms with Crippen molar-refractivity contribution in [2.75, 3.05) is 13.1 Å². The molecule has 2 atom stereocenters. The van der Waals surface area contributed by atoms with E-state index >= 15 is 0 Å². The van der Waals surface area contributed by atoms with E-state index in [-0.39, 0.29) is 5.54 Å². The molecule has 2 nitrogen and oxygen atoms in total. The van der Waals surface area contributed by atoms with Crippen LogP contribution in [-0.4, -0.2) is 29.6 Å². The molecule has 0 aromatic carbocycles. The van der Waals surface area contributed by atoms with Crippen molar-refractivity contribution in [2.24, 2.45) is 11.7 Å². The summed E-state index contributed by atoms with van der Waals surface area (Å²) >= 11 is 0. The zero-order chi connectivity index (χ0) is 12.3. The lowest BCUT2D eigenvalue weighted by atomic mass is 9.80. The fourth-order valence-electron chi connectivity index (χ4n) is 3.66. The summed E-state index contributed by atoms with van der Waals surface area (Å²) < 4.78 is 0. The average molecular weight is 238 g/mol. The molecule has 1 saturated heterocycles. The summed E-state index contributed by atoms with van der Waals surface area (Å²) in [4.78, 5) is 2.67. The van der Waals surface area contributed by atoms with Gasteiger partial charge in [-0.05, 0) is 51.5 Å². The third-order valence-electron chi connectivity index (χ3n) is 5.02. The summed E-state index contributed by atoms with van der Waals surface area (Å²) in [7, 11) is 0. The van der Waals surface area contributed by atoms with Gasteiger partial charge in [0.15, 0.2) is 0 Å². The van der Waals surface area contributed by atoms with E-state index in [0.29, 0.717) is 0 Å². The summed E-state index contributed by atoms with van der Waals surface area (Å²) in [6, 6.07) is 0.769. The maximum atomic E-state index is 6.52. The molecule has 0 radical (unpaired) electrons. The topological polar surface area (TPSA) is 29.3 Å². The predicted molar refractivity (Wildman–Crippen MR) is 74.1 cm³/mol. The van der Waals surface area contributed by atoms with Crippen molar-refractivity contribution < 1.29 is 0 Å². The summed E-state index contributed by atoms with van der Waals surface area (Å²) in [5.74, 6) is 0.919. The molecule has 2 rings (SSSR count). The Balaban J connectivity index is 1.77. The number of nitrogens with zero attached hydrogens (tertiary/aromatic N) is 1. The van der Waals surface area contributed by atoms with Gasteiger partial charge in [-0.2, -0.15) is 0 Å². The molecule has 0 bridgehead atoms. The fourth-order valence-corrected chi connectivity index (χ4v) is 3.66. The Kier molecular flexibility index (Phi) is 4.48. The van der Waals surface area contributed by atoms with E-state index in [9.17, 15) is 0 Å². The first-order valence-corrected chi connectivity index (χ1v) is 7.62. The SMILES string of the molecule is CC1CCN(CCC2(N)CCCCC2)C(C)C1. The van der Waals surface area contributed by atoms with Gasteiger partial charge >= 0.3 is 0 Å². The number of hydrogen-bond donors (Lipinski definition) is 1. The van der Waals surface area contributed by atoms with Crippen molar-refractivity contribution in [1.82, 2.24) is 4.90 Å². The molecule has 2 heteroatoms. The summed E-state index contributed by atoms with van der Waals surface area (Å²) in [5, 5.41) is 0. The summed E-state index contributed by atoms with van der Waals surface area (Å²) in [6.07, 6.45) is 10.6. The zero-order valence-corrected chi connectivity index (χ0v) is 11.8. The van der Waals surface area contributed by atoms with Crippen LogP contribution in [0.2, 0.25) is 0 Å². The fraction of sp³-hybridized carbons (Fsp3) is 1.00. The lowest BCUT2D eigenvalue weighted by Crippen LogP contribution is -2.47. The minimum atomic E-state index is 0.168. The van der Waals surface area contributed by atoms with Gasteiger partial charge in [-0.15, -0.1) is 0 Å². The van der Waals surface area contributed by atoms with Crippen LogP contribution in [0, 0.1) is 5.92 Å². The predicted octanol–water partition coefficient (Wildman–Crippen LogP) is 3.16. The Bertz CT molecular complexity index is 233. The average Bonchev–Trinajstić information content (AvgIpc) is 2.29. The van der Waals surface area contributed by atoms with Crippen LogP contribution in [-0.2, 0) is 0 Å². The van der Waals surface area contributed by atoms with E-state index in [0.717, 1.165) is 12.0 Å². The highest BCUT2D eigenvalue weighted by Crippen LogP contribution is 2.30. The second-order valence-corrected chi connectivity index (χ2v) is 6.69. The van der Waals surface area contributed by atoms with Crippen molar-refractivity contribution in [1.29, 1.82) is 0 Å². The highest BCUT2D eigenvalue weighted by molar-refractivity contribution is 4.89. The van der Waals surface area contributed by atoms with Crippen LogP contribution < -0.4 is 5.73 Å². The molecule has 0 amide bonds. The Labute approximate surface area is 107 Å². The summed E-state index contributed by atoms with van der Waals surface area (Å²) in [5.41, 5.74) is 6.69. The van der Waals surface area contributed by atoms with Gasteiger partial charge in [0.05, 0.1) is 0 Å².